The molecular formula is C24H15FN2O2S. The van der Waals surface area contributed by atoms with Crippen molar-refractivity contribution in [3.8, 4) is 27.6 Å². The Kier molecular flexibility index (Phi) is 4.61. The Bertz CT molecular complexity index is 1340. The Balaban J connectivity index is 1.37. The molecule has 5 aromatic rings. The summed E-state index contributed by atoms with van der Waals surface area (Å²) in [4.78, 5) is 8.97. The molecule has 0 fully saturated rings. The van der Waals surface area contributed by atoms with Gasteiger partial charge in [-0.3, -0.25) is 4.99 Å². The number of halogens is 1. The van der Waals surface area contributed by atoms with Crippen LogP contribution in [0.1, 0.15) is 5.76 Å². The fourth-order valence-corrected chi connectivity index (χ4v) is 4.10. The summed E-state index contributed by atoms with van der Waals surface area (Å²) in [5.41, 5.74) is 2.96. The van der Waals surface area contributed by atoms with Crippen LogP contribution < -0.4 is 0 Å². The zero-order valence-corrected chi connectivity index (χ0v) is 16.4. The fourth-order valence-electron chi connectivity index (χ4n) is 3.10. The summed E-state index contributed by atoms with van der Waals surface area (Å²) in [6, 6.07) is 22.8. The third-order valence-electron chi connectivity index (χ3n) is 4.60. The van der Waals surface area contributed by atoms with E-state index in [2.05, 4.69) is 9.98 Å². The fraction of sp³-hybridized carbons (Fsp3) is 0. The first-order valence-electron chi connectivity index (χ1n) is 9.24. The zero-order chi connectivity index (χ0) is 20.5. The molecule has 0 amide bonds. The zero-order valence-electron chi connectivity index (χ0n) is 15.6. The lowest BCUT2D eigenvalue weighted by molar-refractivity contribution is 0.477. The first kappa shape index (κ1) is 18.3. The molecule has 4 nitrogen and oxygen atoms in total. The first-order chi connectivity index (χ1) is 14.7. The molecule has 0 aliphatic carbocycles. The third kappa shape index (κ3) is 3.60. The normalized spacial score (nSPS) is 11.5. The molecule has 5 rings (SSSR count). The molecule has 146 valence electrons. The van der Waals surface area contributed by atoms with Gasteiger partial charge in [0.2, 0.25) is 0 Å². The Morgan fingerprint density at radius 3 is 2.60 bits per heavy atom. The molecule has 6 heteroatoms. The van der Waals surface area contributed by atoms with E-state index >= 15 is 0 Å². The van der Waals surface area contributed by atoms with Crippen LogP contribution in [0, 0.1) is 5.82 Å². The van der Waals surface area contributed by atoms with E-state index in [1.165, 1.54) is 23.5 Å². The maximum atomic E-state index is 13.1. The number of hydrogen-bond acceptors (Lipinski definition) is 5. The van der Waals surface area contributed by atoms with Gasteiger partial charge in [0.25, 0.3) is 0 Å². The number of para-hydroxylation sites is 1. The second kappa shape index (κ2) is 7.57. The van der Waals surface area contributed by atoms with Crippen LogP contribution in [0.15, 0.2) is 88.3 Å². The summed E-state index contributed by atoms with van der Waals surface area (Å²) in [5.74, 6) is 1.02. The number of rotatable bonds is 4. The summed E-state index contributed by atoms with van der Waals surface area (Å²) in [5, 5.41) is 11.2. The Morgan fingerprint density at radius 2 is 1.80 bits per heavy atom. The lowest BCUT2D eigenvalue weighted by atomic mass is 10.2. The van der Waals surface area contributed by atoms with Gasteiger partial charge in [-0.15, -0.1) is 11.3 Å². The van der Waals surface area contributed by atoms with E-state index in [1.54, 1.807) is 30.5 Å². The smallest absolute Gasteiger partial charge is 0.145 e. The summed E-state index contributed by atoms with van der Waals surface area (Å²) < 4.78 is 19.9. The molecule has 1 N–H and O–H groups in total. The van der Waals surface area contributed by atoms with Gasteiger partial charge in [-0.25, -0.2) is 9.37 Å². The second-order valence-corrected chi connectivity index (χ2v) is 7.69. The number of fused-ring (bicyclic) bond motifs is 1. The van der Waals surface area contributed by atoms with E-state index in [0.717, 1.165) is 20.8 Å². The van der Waals surface area contributed by atoms with Crippen molar-refractivity contribution in [1.82, 2.24) is 4.98 Å². The van der Waals surface area contributed by atoms with Gasteiger partial charge in [0.1, 0.15) is 28.1 Å². The SMILES string of the molecule is Oc1cc(N=Cc2ccc(-c3ccc(F)cc3)o2)ccc1-c1nc2ccccc2s1. The first-order valence-corrected chi connectivity index (χ1v) is 10.1. The number of aromatic nitrogens is 1. The van der Waals surface area contributed by atoms with Crippen LogP contribution in [0.2, 0.25) is 0 Å². The molecule has 0 atom stereocenters. The Hall–Kier alpha value is -3.77. The molecule has 0 saturated carbocycles. The number of thiazole rings is 1. The average molecular weight is 414 g/mol. The van der Waals surface area contributed by atoms with Crippen LogP contribution in [-0.2, 0) is 0 Å². The molecule has 0 saturated heterocycles. The van der Waals surface area contributed by atoms with E-state index < -0.39 is 0 Å². The lowest BCUT2D eigenvalue weighted by Crippen LogP contribution is -1.79. The Morgan fingerprint density at radius 1 is 0.967 bits per heavy atom. The van der Waals surface area contributed by atoms with Gasteiger partial charge in [-0.1, -0.05) is 12.1 Å². The molecule has 3 aromatic carbocycles. The molecule has 2 aromatic heterocycles. The number of aliphatic imine (C=N–C) groups is 1. The number of phenols is 1. The van der Waals surface area contributed by atoms with E-state index in [9.17, 15) is 9.50 Å². The van der Waals surface area contributed by atoms with Crippen LogP contribution >= 0.6 is 11.3 Å². The summed E-state index contributed by atoms with van der Waals surface area (Å²) >= 11 is 1.53. The molecule has 0 aliphatic heterocycles. The van der Waals surface area contributed by atoms with Crippen molar-refractivity contribution in [3.63, 3.8) is 0 Å². The van der Waals surface area contributed by atoms with Crippen LogP contribution in [0.25, 0.3) is 32.1 Å². The number of phenolic OH excluding ortho intramolecular Hbond substituents is 1. The minimum atomic E-state index is -0.291. The highest BCUT2D eigenvalue weighted by molar-refractivity contribution is 7.21. The summed E-state index contributed by atoms with van der Waals surface area (Å²) in [7, 11) is 0. The van der Waals surface area contributed by atoms with Crippen molar-refractivity contribution in [2.45, 2.75) is 0 Å². The van der Waals surface area contributed by atoms with Crippen LogP contribution in [0.5, 0.6) is 5.75 Å². The van der Waals surface area contributed by atoms with Crippen molar-refractivity contribution in [1.29, 1.82) is 0 Å². The number of benzene rings is 3. The molecular weight excluding hydrogens is 399 g/mol. The number of aromatic hydroxyl groups is 1. The van der Waals surface area contributed by atoms with Crippen molar-refractivity contribution in [3.05, 3.63) is 90.4 Å². The molecule has 0 aliphatic rings. The average Bonchev–Trinajstić information content (AvgIpc) is 3.40. The van der Waals surface area contributed by atoms with Crippen molar-refractivity contribution in [2.75, 3.05) is 0 Å². The maximum absolute atomic E-state index is 13.1. The third-order valence-corrected chi connectivity index (χ3v) is 5.67. The van der Waals surface area contributed by atoms with Gasteiger partial charge in [0.05, 0.1) is 27.7 Å². The quantitative estimate of drug-likeness (QED) is 0.328. The van der Waals surface area contributed by atoms with Crippen LogP contribution in [0.3, 0.4) is 0 Å². The monoisotopic (exact) mass is 414 g/mol. The van der Waals surface area contributed by atoms with Crippen molar-refractivity contribution in [2.24, 2.45) is 4.99 Å². The van der Waals surface area contributed by atoms with Crippen LogP contribution in [0.4, 0.5) is 10.1 Å². The maximum Gasteiger partial charge on any atom is 0.145 e. The van der Waals surface area contributed by atoms with Crippen molar-refractivity contribution < 1.29 is 13.9 Å². The molecule has 0 spiro atoms. The standard InChI is InChI=1S/C24H15FN2O2S/c25-16-7-5-15(6-8-16)22-12-10-18(29-22)14-26-17-9-11-19(21(28)13-17)24-27-20-3-1-2-4-23(20)30-24/h1-14,28H. The molecule has 2 heterocycles. The van der Waals surface area contributed by atoms with E-state index in [1.807, 2.05) is 42.5 Å². The molecule has 0 bridgehead atoms. The lowest BCUT2D eigenvalue weighted by Gasteiger charge is -2.02. The molecule has 30 heavy (non-hydrogen) atoms. The number of furan rings is 1. The van der Waals surface area contributed by atoms with Gasteiger partial charge in [-0.05, 0) is 60.7 Å². The van der Waals surface area contributed by atoms with Crippen molar-refractivity contribution >= 4 is 33.5 Å². The second-order valence-electron chi connectivity index (χ2n) is 6.66. The number of nitrogens with zero attached hydrogens (tertiary/aromatic N) is 2. The summed E-state index contributed by atoms with van der Waals surface area (Å²) in [6.45, 7) is 0. The van der Waals surface area contributed by atoms with Gasteiger partial charge >= 0.3 is 0 Å². The van der Waals surface area contributed by atoms with Gasteiger partial charge < -0.3 is 9.52 Å². The number of hydrogen-bond donors (Lipinski definition) is 1. The van der Waals surface area contributed by atoms with Crippen LogP contribution in [-0.4, -0.2) is 16.3 Å². The largest absolute Gasteiger partial charge is 0.507 e. The minimum absolute atomic E-state index is 0.121. The highest BCUT2D eigenvalue weighted by Gasteiger charge is 2.11. The summed E-state index contributed by atoms with van der Waals surface area (Å²) in [6.07, 6.45) is 1.58. The van der Waals surface area contributed by atoms with Gasteiger partial charge in [0, 0.05) is 11.6 Å². The molecule has 0 unspecified atom stereocenters. The Labute approximate surface area is 175 Å². The van der Waals surface area contributed by atoms with E-state index in [-0.39, 0.29) is 11.6 Å². The van der Waals surface area contributed by atoms with E-state index in [0.29, 0.717) is 22.8 Å². The highest BCUT2D eigenvalue weighted by atomic mass is 32.1. The molecule has 0 radical (unpaired) electrons. The predicted molar refractivity (Wildman–Crippen MR) is 118 cm³/mol. The highest BCUT2D eigenvalue weighted by Crippen LogP contribution is 2.37. The predicted octanol–water partition coefficient (Wildman–Crippen LogP) is 6.82. The van der Waals surface area contributed by atoms with Gasteiger partial charge in [0.15, 0.2) is 0 Å². The topological polar surface area (TPSA) is 58.6 Å². The minimum Gasteiger partial charge on any atom is -0.507 e. The van der Waals surface area contributed by atoms with E-state index in [4.69, 9.17) is 4.42 Å². The van der Waals surface area contributed by atoms with Gasteiger partial charge in [-0.2, -0.15) is 0 Å².